The molecule has 0 fully saturated rings. The number of rotatable bonds is 8. The number of aliphatic imine (C=N–C) groups is 1. The number of thiazole rings is 1. The van der Waals surface area contributed by atoms with Gasteiger partial charge in [0.25, 0.3) is 0 Å². The molecule has 162 valence electrons. The predicted octanol–water partition coefficient (Wildman–Crippen LogP) is 4.09. The van der Waals surface area contributed by atoms with Gasteiger partial charge in [-0.25, -0.2) is 4.98 Å². The number of guanidine groups is 1. The van der Waals surface area contributed by atoms with Gasteiger partial charge in [-0.1, -0.05) is 37.3 Å². The molecule has 0 aliphatic heterocycles. The lowest BCUT2D eigenvalue weighted by molar-refractivity contribution is 0.657. The van der Waals surface area contributed by atoms with Gasteiger partial charge >= 0.3 is 0 Å². The molecule has 0 aliphatic carbocycles. The van der Waals surface area contributed by atoms with E-state index in [1.54, 1.807) is 18.4 Å². The minimum absolute atomic E-state index is 0. The Labute approximate surface area is 200 Å². The highest BCUT2D eigenvalue weighted by atomic mass is 127. The fourth-order valence-electron chi connectivity index (χ4n) is 3.21. The van der Waals surface area contributed by atoms with Crippen molar-refractivity contribution in [3.8, 4) is 0 Å². The minimum atomic E-state index is 0. The molecule has 30 heavy (non-hydrogen) atoms. The Hall–Kier alpha value is -1.94. The highest BCUT2D eigenvalue weighted by Gasteiger charge is 2.12. The van der Waals surface area contributed by atoms with Crippen LogP contribution in [0.25, 0.3) is 0 Å². The van der Waals surface area contributed by atoms with Crippen molar-refractivity contribution < 1.29 is 0 Å². The maximum Gasteiger partial charge on any atom is 0.191 e. The van der Waals surface area contributed by atoms with Gasteiger partial charge in [-0.2, -0.15) is 5.10 Å². The minimum Gasteiger partial charge on any atom is -0.356 e. The zero-order chi connectivity index (χ0) is 20.6. The average Bonchev–Trinajstić information content (AvgIpc) is 3.30. The molecule has 0 radical (unpaired) electrons. The lowest BCUT2D eigenvalue weighted by Crippen LogP contribution is -2.38. The fourth-order valence-corrected chi connectivity index (χ4v) is 4.07. The molecule has 1 aromatic carbocycles. The first-order valence-corrected chi connectivity index (χ1v) is 10.9. The molecule has 2 N–H and O–H groups in total. The van der Waals surface area contributed by atoms with E-state index >= 15 is 0 Å². The molecular formula is C22H31IN6S. The molecule has 0 aliphatic rings. The zero-order valence-electron chi connectivity index (χ0n) is 18.1. The SMILES string of the molecule is CCc1cnc(CCNC(=NC)NCc2c(C)nn(Cc3ccccc3)c2C)s1.I. The summed E-state index contributed by atoms with van der Waals surface area (Å²) in [5, 5.41) is 12.7. The van der Waals surface area contributed by atoms with Crippen molar-refractivity contribution >= 4 is 41.3 Å². The molecule has 3 aromatic rings. The van der Waals surface area contributed by atoms with Crippen LogP contribution in [0.4, 0.5) is 0 Å². The summed E-state index contributed by atoms with van der Waals surface area (Å²) in [4.78, 5) is 10.1. The number of hydrogen-bond acceptors (Lipinski definition) is 4. The number of aryl methyl sites for hydroxylation is 2. The van der Waals surface area contributed by atoms with E-state index in [0.717, 1.165) is 37.6 Å². The van der Waals surface area contributed by atoms with E-state index < -0.39 is 0 Å². The fraction of sp³-hybridized carbons (Fsp3) is 0.409. The van der Waals surface area contributed by atoms with E-state index in [4.69, 9.17) is 5.10 Å². The number of benzene rings is 1. The van der Waals surface area contributed by atoms with Gasteiger partial charge in [0, 0.05) is 48.9 Å². The summed E-state index contributed by atoms with van der Waals surface area (Å²) in [7, 11) is 1.80. The monoisotopic (exact) mass is 538 g/mol. The summed E-state index contributed by atoms with van der Waals surface area (Å²) in [6.45, 7) is 8.64. The standard InChI is InChI=1S/C22H30N6S.HI/c1-5-19-13-25-21(29-19)11-12-24-22(23-4)26-14-20-16(2)27-28(17(20)3)15-18-9-7-6-8-10-18;/h6-10,13H,5,11-12,14-15H2,1-4H3,(H2,23,24,26);1H. The highest BCUT2D eigenvalue weighted by Crippen LogP contribution is 2.15. The van der Waals surface area contributed by atoms with Crippen LogP contribution >= 0.6 is 35.3 Å². The van der Waals surface area contributed by atoms with Gasteiger partial charge in [0.1, 0.15) is 0 Å². The normalized spacial score (nSPS) is 11.3. The third-order valence-corrected chi connectivity index (χ3v) is 6.15. The van der Waals surface area contributed by atoms with Crippen molar-refractivity contribution in [1.82, 2.24) is 25.4 Å². The van der Waals surface area contributed by atoms with E-state index in [-0.39, 0.29) is 24.0 Å². The Morgan fingerprint density at radius 1 is 1.17 bits per heavy atom. The molecule has 0 atom stereocenters. The van der Waals surface area contributed by atoms with Crippen LogP contribution in [0.3, 0.4) is 0 Å². The van der Waals surface area contributed by atoms with Crippen molar-refractivity contribution in [2.45, 2.75) is 46.7 Å². The third-order valence-electron chi connectivity index (χ3n) is 4.94. The average molecular weight is 539 g/mol. The Kier molecular flexibility index (Phi) is 9.77. The van der Waals surface area contributed by atoms with E-state index in [9.17, 15) is 0 Å². The van der Waals surface area contributed by atoms with Crippen LogP contribution in [0.15, 0.2) is 41.5 Å². The first kappa shape index (κ1) is 24.3. The second-order valence-electron chi connectivity index (χ2n) is 6.97. The van der Waals surface area contributed by atoms with Crippen molar-refractivity contribution in [2.75, 3.05) is 13.6 Å². The van der Waals surface area contributed by atoms with E-state index in [1.807, 2.05) is 12.3 Å². The lowest BCUT2D eigenvalue weighted by Gasteiger charge is -2.12. The molecule has 2 aromatic heterocycles. The number of nitrogens with one attached hydrogen (secondary N) is 2. The molecular weight excluding hydrogens is 507 g/mol. The van der Waals surface area contributed by atoms with Crippen LogP contribution in [0.1, 0.15) is 39.3 Å². The second-order valence-corrected chi connectivity index (χ2v) is 8.17. The van der Waals surface area contributed by atoms with Gasteiger partial charge in [-0.15, -0.1) is 35.3 Å². The summed E-state index contributed by atoms with van der Waals surface area (Å²) < 4.78 is 2.08. The smallest absolute Gasteiger partial charge is 0.191 e. The Morgan fingerprint density at radius 2 is 1.93 bits per heavy atom. The molecule has 0 spiro atoms. The maximum atomic E-state index is 4.73. The number of hydrogen-bond donors (Lipinski definition) is 2. The number of aromatic nitrogens is 3. The molecule has 0 saturated carbocycles. The molecule has 0 amide bonds. The third kappa shape index (κ3) is 6.53. The molecule has 8 heteroatoms. The van der Waals surface area contributed by atoms with Gasteiger partial charge < -0.3 is 10.6 Å². The largest absolute Gasteiger partial charge is 0.356 e. The quantitative estimate of drug-likeness (QED) is 0.258. The summed E-state index contributed by atoms with van der Waals surface area (Å²) >= 11 is 1.79. The maximum absolute atomic E-state index is 4.73. The zero-order valence-corrected chi connectivity index (χ0v) is 21.3. The van der Waals surface area contributed by atoms with Crippen molar-refractivity contribution in [3.05, 3.63) is 68.9 Å². The molecule has 0 saturated heterocycles. The van der Waals surface area contributed by atoms with E-state index in [1.165, 1.54) is 26.7 Å². The Bertz CT molecular complexity index is 948. The van der Waals surface area contributed by atoms with Gasteiger partial charge in [0.15, 0.2) is 5.96 Å². The molecule has 2 heterocycles. The van der Waals surface area contributed by atoms with E-state index in [2.05, 4.69) is 70.3 Å². The first-order valence-electron chi connectivity index (χ1n) is 10.1. The van der Waals surface area contributed by atoms with Gasteiger partial charge in [0.2, 0.25) is 0 Å². The number of nitrogens with zero attached hydrogens (tertiary/aromatic N) is 4. The van der Waals surface area contributed by atoms with E-state index in [0.29, 0.717) is 6.54 Å². The van der Waals surface area contributed by atoms with Crippen molar-refractivity contribution in [2.24, 2.45) is 4.99 Å². The predicted molar refractivity (Wildman–Crippen MR) is 136 cm³/mol. The summed E-state index contributed by atoms with van der Waals surface area (Å²) in [6.07, 6.45) is 3.93. The second kappa shape index (κ2) is 12.0. The first-order chi connectivity index (χ1) is 14.1. The topological polar surface area (TPSA) is 67.1 Å². The Balaban J connectivity index is 0.00000320. The lowest BCUT2D eigenvalue weighted by atomic mass is 10.2. The van der Waals surface area contributed by atoms with Crippen LogP contribution in [-0.2, 0) is 25.9 Å². The summed E-state index contributed by atoms with van der Waals surface area (Å²) in [6, 6.07) is 10.4. The van der Waals surface area contributed by atoms with Crippen molar-refractivity contribution in [1.29, 1.82) is 0 Å². The Morgan fingerprint density at radius 3 is 2.60 bits per heavy atom. The van der Waals surface area contributed by atoms with Crippen LogP contribution in [-0.4, -0.2) is 34.3 Å². The summed E-state index contributed by atoms with van der Waals surface area (Å²) in [5.74, 6) is 0.798. The van der Waals surface area contributed by atoms with Crippen molar-refractivity contribution in [3.63, 3.8) is 0 Å². The molecule has 0 bridgehead atoms. The number of halogens is 1. The molecule has 6 nitrogen and oxygen atoms in total. The highest BCUT2D eigenvalue weighted by molar-refractivity contribution is 14.0. The van der Waals surface area contributed by atoms with Crippen LogP contribution in [0.5, 0.6) is 0 Å². The van der Waals surface area contributed by atoms with Crippen LogP contribution < -0.4 is 10.6 Å². The van der Waals surface area contributed by atoms with Gasteiger partial charge in [0.05, 0.1) is 17.2 Å². The molecule has 3 rings (SSSR count). The van der Waals surface area contributed by atoms with Gasteiger partial charge in [-0.05, 0) is 25.8 Å². The van der Waals surface area contributed by atoms with Crippen LogP contribution in [0.2, 0.25) is 0 Å². The van der Waals surface area contributed by atoms with Gasteiger partial charge in [-0.3, -0.25) is 9.67 Å². The summed E-state index contributed by atoms with van der Waals surface area (Å²) in [5.41, 5.74) is 4.71. The molecule has 0 unspecified atom stereocenters. The van der Waals surface area contributed by atoms with Crippen LogP contribution in [0, 0.1) is 13.8 Å².